The van der Waals surface area contributed by atoms with Gasteiger partial charge in [-0.25, -0.2) is 9.59 Å². The number of benzene rings is 2. The Hall–Kier alpha value is -3.28. The summed E-state index contributed by atoms with van der Waals surface area (Å²) in [6.07, 6.45) is 3.90. The third-order valence-corrected chi connectivity index (χ3v) is 4.85. The highest BCUT2D eigenvalue weighted by Gasteiger charge is 2.09. The minimum absolute atomic E-state index is 0.112. The molecule has 0 unspecified atom stereocenters. The molecule has 0 N–H and O–H groups in total. The number of carbonyl (C=O) groups is 4. The van der Waals surface area contributed by atoms with Crippen LogP contribution in [0.4, 0.5) is 0 Å². The Balaban J connectivity index is 1.44. The smallest absolute Gasteiger partial charge is 0.338 e. The molecule has 2 rings (SSSR count). The molecule has 0 aliphatic rings. The lowest BCUT2D eigenvalue weighted by atomic mass is 10.0. The van der Waals surface area contributed by atoms with Crippen molar-refractivity contribution >= 4 is 23.5 Å². The van der Waals surface area contributed by atoms with E-state index in [1.54, 1.807) is 48.5 Å². The van der Waals surface area contributed by atoms with Gasteiger partial charge in [-0.15, -0.1) is 0 Å². The van der Waals surface area contributed by atoms with Gasteiger partial charge in [0, 0.05) is 25.7 Å². The SMILES string of the molecule is O=C(CCCCC(=O)CCCOC(=O)c1ccccc1)CCCOC(=O)c1ccccc1. The van der Waals surface area contributed by atoms with E-state index in [0.29, 0.717) is 62.5 Å². The maximum atomic E-state index is 11.9. The molecule has 6 heteroatoms. The number of unbranched alkanes of at least 4 members (excludes halogenated alkanes) is 1. The maximum Gasteiger partial charge on any atom is 0.338 e. The second-order valence-electron chi connectivity index (χ2n) is 7.50. The average Bonchev–Trinajstić information content (AvgIpc) is 2.83. The predicted molar refractivity (Wildman–Crippen MR) is 120 cm³/mol. The molecule has 0 saturated carbocycles. The molecule has 170 valence electrons. The van der Waals surface area contributed by atoms with Crippen molar-refractivity contribution in [2.45, 2.75) is 51.4 Å². The number of carbonyl (C=O) groups excluding carboxylic acids is 4. The van der Waals surface area contributed by atoms with E-state index in [9.17, 15) is 19.2 Å². The summed E-state index contributed by atoms with van der Waals surface area (Å²) in [7, 11) is 0. The van der Waals surface area contributed by atoms with Crippen LogP contribution in [0.5, 0.6) is 0 Å². The molecule has 2 aromatic carbocycles. The van der Waals surface area contributed by atoms with Crippen LogP contribution >= 0.6 is 0 Å². The fourth-order valence-electron chi connectivity index (χ4n) is 3.08. The zero-order valence-electron chi connectivity index (χ0n) is 18.3. The lowest BCUT2D eigenvalue weighted by Gasteiger charge is -2.05. The largest absolute Gasteiger partial charge is 0.462 e. The molecular weight excluding hydrogens is 408 g/mol. The molecule has 0 radical (unpaired) electrons. The first-order chi connectivity index (χ1) is 15.6. The summed E-state index contributed by atoms with van der Waals surface area (Å²) in [6.45, 7) is 0.430. The van der Waals surface area contributed by atoms with E-state index in [0.717, 1.165) is 0 Å². The molecule has 6 nitrogen and oxygen atoms in total. The van der Waals surface area contributed by atoms with Crippen LogP contribution in [-0.4, -0.2) is 36.7 Å². The van der Waals surface area contributed by atoms with Crippen molar-refractivity contribution in [2.75, 3.05) is 13.2 Å². The van der Waals surface area contributed by atoms with Crippen LogP contribution in [-0.2, 0) is 19.1 Å². The first-order valence-electron chi connectivity index (χ1n) is 11.0. The summed E-state index contributed by atoms with van der Waals surface area (Å²) in [5.41, 5.74) is 0.996. The van der Waals surface area contributed by atoms with Crippen LogP contribution in [0.3, 0.4) is 0 Å². The third kappa shape index (κ3) is 10.2. The van der Waals surface area contributed by atoms with Crippen molar-refractivity contribution in [1.29, 1.82) is 0 Å². The second-order valence-corrected chi connectivity index (χ2v) is 7.50. The van der Waals surface area contributed by atoms with Gasteiger partial charge in [-0.1, -0.05) is 36.4 Å². The topological polar surface area (TPSA) is 86.7 Å². The molecule has 0 heterocycles. The van der Waals surface area contributed by atoms with Crippen LogP contribution in [0.25, 0.3) is 0 Å². The Bertz CT molecular complexity index is 787. The van der Waals surface area contributed by atoms with Crippen LogP contribution < -0.4 is 0 Å². The summed E-state index contributed by atoms with van der Waals surface area (Å²) in [6, 6.07) is 17.5. The Morgan fingerprint density at radius 3 is 1.22 bits per heavy atom. The van der Waals surface area contributed by atoms with E-state index in [2.05, 4.69) is 0 Å². The molecule has 0 aliphatic carbocycles. The number of ketones is 2. The summed E-state index contributed by atoms with van der Waals surface area (Å²) in [5.74, 6) is -0.542. The van der Waals surface area contributed by atoms with Crippen molar-refractivity contribution in [2.24, 2.45) is 0 Å². The van der Waals surface area contributed by atoms with Gasteiger partial charge in [0.1, 0.15) is 11.6 Å². The summed E-state index contributed by atoms with van der Waals surface area (Å²) >= 11 is 0. The molecule has 32 heavy (non-hydrogen) atoms. The Morgan fingerprint density at radius 1 is 0.500 bits per heavy atom. The van der Waals surface area contributed by atoms with Gasteiger partial charge in [0.15, 0.2) is 0 Å². The first-order valence-corrected chi connectivity index (χ1v) is 11.0. The van der Waals surface area contributed by atoms with E-state index in [4.69, 9.17) is 9.47 Å². The molecule has 0 bridgehead atoms. The highest BCUT2D eigenvalue weighted by atomic mass is 16.5. The number of esters is 2. The number of ether oxygens (including phenoxy) is 2. The van der Waals surface area contributed by atoms with Crippen LogP contribution in [0.1, 0.15) is 72.1 Å². The quantitative estimate of drug-likeness (QED) is 0.289. The van der Waals surface area contributed by atoms with Gasteiger partial charge < -0.3 is 9.47 Å². The van der Waals surface area contributed by atoms with E-state index >= 15 is 0 Å². The number of rotatable bonds is 15. The zero-order valence-corrected chi connectivity index (χ0v) is 18.3. The maximum absolute atomic E-state index is 11.9. The highest BCUT2D eigenvalue weighted by Crippen LogP contribution is 2.08. The summed E-state index contributed by atoms with van der Waals surface area (Å²) in [4.78, 5) is 47.4. The molecule has 0 fully saturated rings. The number of Topliss-reactive ketones (excluding diaryl/α,β-unsaturated/α-hetero) is 2. The van der Waals surface area contributed by atoms with Gasteiger partial charge in [0.25, 0.3) is 0 Å². The zero-order chi connectivity index (χ0) is 23.0. The number of hydrogen-bond acceptors (Lipinski definition) is 6. The average molecular weight is 439 g/mol. The minimum Gasteiger partial charge on any atom is -0.462 e. The Kier molecular flexibility index (Phi) is 11.5. The van der Waals surface area contributed by atoms with E-state index < -0.39 is 0 Å². The molecule has 0 aliphatic heterocycles. The normalized spacial score (nSPS) is 10.4. The van der Waals surface area contributed by atoms with Crippen LogP contribution in [0.2, 0.25) is 0 Å². The lowest BCUT2D eigenvalue weighted by molar-refractivity contribution is -0.121. The van der Waals surface area contributed by atoms with Crippen molar-refractivity contribution in [3.63, 3.8) is 0 Å². The van der Waals surface area contributed by atoms with Gasteiger partial charge in [0.2, 0.25) is 0 Å². The molecule has 2 aromatic rings. The predicted octanol–water partition coefficient (Wildman–Crippen LogP) is 4.96. The first kappa shape index (κ1) is 25.0. The van der Waals surface area contributed by atoms with E-state index in [-0.39, 0.29) is 36.7 Å². The Labute approximate surface area is 188 Å². The standard InChI is InChI=1S/C26H30O6/c27-23(17-9-19-31-25(29)21-11-3-1-4-12-21)15-7-8-16-24(28)18-10-20-32-26(30)22-13-5-2-6-14-22/h1-6,11-14H,7-10,15-20H2. The summed E-state index contributed by atoms with van der Waals surface area (Å²) < 4.78 is 10.3. The van der Waals surface area contributed by atoms with Gasteiger partial charge in [0.05, 0.1) is 24.3 Å². The fraction of sp³-hybridized carbons (Fsp3) is 0.385. The second kappa shape index (κ2) is 14.7. The molecule has 0 saturated heterocycles. The Morgan fingerprint density at radius 2 is 0.844 bits per heavy atom. The van der Waals surface area contributed by atoms with Crippen molar-refractivity contribution in [3.8, 4) is 0 Å². The van der Waals surface area contributed by atoms with Gasteiger partial charge in [-0.3, -0.25) is 9.59 Å². The van der Waals surface area contributed by atoms with Gasteiger partial charge in [-0.2, -0.15) is 0 Å². The van der Waals surface area contributed by atoms with Crippen molar-refractivity contribution in [3.05, 3.63) is 71.8 Å². The molecular formula is C26H30O6. The minimum atomic E-state index is -0.383. The molecule has 0 spiro atoms. The molecule has 0 amide bonds. The molecule has 0 atom stereocenters. The third-order valence-electron chi connectivity index (χ3n) is 4.85. The number of hydrogen-bond donors (Lipinski definition) is 0. The van der Waals surface area contributed by atoms with Crippen LogP contribution in [0.15, 0.2) is 60.7 Å². The van der Waals surface area contributed by atoms with E-state index in [1.165, 1.54) is 0 Å². The van der Waals surface area contributed by atoms with Crippen molar-refractivity contribution < 1.29 is 28.7 Å². The van der Waals surface area contributed by atoms with Crippen LogP contribution in [0, 0.1) is 0 Å². The van der Waals surface area contributed by atoms with Gasteiger partial charge in [-0.05, 0) is 49.9 Å². The highest BCUT2D eigenvalue weighted by molar-refractivity contribution is 5.89. The van der Waals surface area contributed by atoms with Crippen molar-refractivity contribution in [1.82, 2.24) is 0 Å². The summed E-state index contributed by atoms with van der Waals surface area (Å²) in [5, 5.41) is 0. The van der Waals surface area contributed by atoms with E-state index in [1.807, 2.05) is 12.1 Å². The van der Waals surface area contributed by atoms with Gasteiger partial charge >= 0.3 is 11.9 Å². The fourth-order valence-corrected chi connectivity index (χ4v) is 3.08. The lowest BCUT2D eigenvalue weighted by Crippen LogP contribution is -2.08. The monoisotopic (exact) mass is 438 g/mol. The molecule has 0 aromatic heterocycles.